The zero-order chi connectivity index (χ0) is 20.0. The molecule has 1 heterocycles. The highest BCUT2D eigenvalue weighted by molar-refractivity contribution is 5.91. The molecular formula is C22H23N3O3. The Kier molecular flexibility index (Phi) is 6.05. The van der Waals surface area contributed by atoms with Crippen molar-refractivity contribution in [2.75, 3.05) is 0 Å². The van der Waals surface area contributed by atoms with Gasteiger partial charge in [0.25, 0.3) is 5.91 Å². The van der Waals surface area contributed by atoms with Crippen molar-refractivity contribution in [1.29, 1.82) is 5.26 Å². The summed E-state index contributed by atoms with van der Waals surface area (Å²) in [5.41, 5.74) is 0.611. The Hall–Kier alpha value is -3.20. The van der Waals surface area contributed by atoms with Gasteiger partial charge < -0.3 is 10.1 Å². The lowest BCUT2D eigenvalue weighted by atomic mass is 9.83. The number of benzene rings is 1. The van der Waals surface area contributed by atoms with Crippen LogP contribution in [-0.4, -0.2) is 28.5 Å². The number of nitriles is 1. The highest BCUT2D eigenvalue weighted by atomic mass is 16.5. The van der Waals surface area contributed by atoms with Crippen molar-refractivity contribution in [3.63, 3.8) is 0 Å². The van der Waals surface area contributed by atoms with Crippen molar-refractivity contribution in [2.24, 2.45) is 0 Å². The molecule has 0 spiro atoms. The lowest BCUT2D eigenvalue weighted by Gasteiger charge is -2.32. The second kappa shape index (κ2) is 8.66. The van der Waals surface area contributed by atoms with Crippen LogP contribution in [0.1, 0.15) is 44.7 Å². The lowest BCUT2D eigenvalue weighted by molar-refractivity contribution is -0.150. The third kappa shape index (κ3) is 4.74. The third-order valence-electron chi connectivity index (χ3n) is 4.96. The van der Waals surface area contributed by atoms with Crippen LogP contribution in [0, 0.1) is 11.3 Å². The molecule has 1 atom stereocenters. The standard InChI is InChI=1S/C22H23N3O3/c1-16(21(27)25-22(15-23)13-5-2-6-14-22)28-20(26)12-11-18-10-9-17-7-3-4-8-19(17)24-18/h3-4,7-12,16H,2,5-6,13-14H2,1H3,(H,25,27)/b12-11+/t16-/m1/s1. The number of aromatic nitrogens is 1. The molecule has 6 heteroatoms. The summed E-state index contributed by atoms with van der Waals surface area (Å²) in [6.07, 6.45) is 5.96. The summed E-state index contributed by atoms with van der Waals surface area (Å²) in [7, 11) is 0. The fraction of sp³-hybridized carbons (Fsp3) is 0.364. The number of rotatable bonds is 5. The molecule has 0 bridgehead atoms. The number of carbonyl (C=O) groups is 2. The molecule has 0 saturated heterocycles. The summed E-state index contributed by atoms with van der Waals surface area (Å²) in [5, 5.41) is 13.2. The molecule has 3 rings (SSSR count). The maximum atomic E-state index is 12.4. The van der Waals surface area contributed by atoms with Gasteiger partial charge in [0.05, 0.1) is 17.3 Å². The number of nitrogens with zero attached hydrogens (tertiary/aromatic N) is 2. The van der Waals surface area contributed by atoms with Crippen molar-refractivity contribution >= 4 is 28.9 Å². The van der Waals surface area contributed by atoms with Crippen LogP contribution in [0.5, 0.6) is 0 Å². The molecule has 6 nitrogen and oxygen atoms in total. The number of fused-ring (bicyclic) bond motifs is 1. The minimum absolute atomic E-state index is 0.450. The first kappa shape index (κ1) is 19.6. The molecule has 0 radical (unpaired) electrons. The van der Waals surface area contributed by atoms with Crippen LogP contribution in [0.2, 0.25) is 0 Å². The number of amides is 1. The second-order valence-corrected chi connectivity index (χ2v) is 7.09. The number of ether oxygens (including phenoxy) is 1. The van der Waals surface area contributed by atoms with E-state index in [4.69, 9.17) is 4.74 Å². The molecule has 1 saturated carbocycles. The van der Waals surface area contributed by atoms with Crippen LogP contribution in [0.4, 0.5) is 0 Å². The van der Waals surface area contributed by atoms with E-state index in [0.717, 1.165) is 30.2 Å². The van der Waals surface area contributed by atoms with Gasteiger partial charge >= 0.3 is 5.97 Å². The normalized spacial score (nSPS) is 17.0. The number of hydrogen-bond donors (Lipinski definition) is 1. The van der Waals surface area contributed by atoms with Gasteiger partial charge in [-0.2, -0.15) is 5.26 Å². The Morgan fingerprint density at radius 3 is 2.71 bits per heavy atom. The molecule has 0 aliphatic heterocycles. The first-order chi connectivity index (χ1) is 13.5. The van der Waals surface area contributed by atoms with Crippen LogP contribution in [-0.2, 0) is 14.3 Å². The van der Waals surface area contributed by atoms with E-state index in [0.29, 0.717) is 18.5 Å². The molecule has 1 fully saturated rings. The SMILES string of the molecule is C[C@@H](OC(=O)/C=C/c1ccc2ccccc2n1)C(=O)NC1(C#N)CCCCC1. The molecule has 2 aromatic rings. The first-order valence-electron chi connectivity index (χ1n) is 9.49. The van der Waals surface area contributed by atoms with Crippen LogP contribution >= 0.6 is 0 Å². The molecule has 28 heavy (non-hydrogen) atoms. The van der Waals surface area contributed by atoms with Gasteiger partial charge in [-0.3, -0.25) is 4.79 Å². The molecule has 144 valence electrons. The Morgan fingerprint density at radius 1 is 1.21 bits per heavy atom. The predicted molar refractivity (Wildman–Crippen MR) is 106 cm³/mol. The predicted octanol–water partition coefficient (Wildman–Crippen LogP) is 3.52. The van der Waals surface area contributed by atoms with Gasteiger partial charge in [0, 0.05) is 11.5 Å². The monoisotopic (exact) mass is 377 g/mol. The number of nitrogens with one attached hydrogen (secondary N) is 1. The molecule has 1 aromatic carbocycles. The number of esters is 1. The van der Waals surface area contributed by atoms with Crippen molar-refractivity contribution in [1.82, 2.24) is 10.3 Å². The zero-order valence-electron chi connectivity index (χ0n) is 15.9. The van der Waals surface area contributed by atoms with Crippen LogP contribution in [0.25, 0.3) is 17.0 Å². The summed E-state index contributed by atoms with van der Waals surface area (Å²) >= 11 is 0. The molecule has 1 amide bonds. The minimum atomic E-state index is -0.978. The van der Waals surface area contributed by atoms with Gasteiger partial charge in [-0.1, -0.05) is 43.5 Å². The highest BCUT2D eigenvalue weighted by Crippen LogP contribution is 2.27. The number of pyridine rings is 1. The second-order valence-electron chi connectivity index (χ2n) is 7.09. The van der Waals surface area contributed by atoms with Crippen molar-refractivity contribution in [3.05, 3.63) is 48.2 Å². The number of carbonyl (C=O) groups excluding carboxylic acids is 2. The van der Waals surface area contributed by atoms with Gasteiger partial charge in [-0.25, -0.2) is 9.78 Å². The van der Waals surface area contributed by atoms with Crippen LogP contribution < -0.4 is 5.32 Å². The van der Waals surface area contributed by atoms with E-state index >= 15 is 0 Å². The van der Waals surface area contributed by atoms with Gasteiger partial charge in [0.15, 0.2) is 6.10 Å². The number of para-hydroxylation sites is 1. The molecule has 1 aliphatic rings. The smallest absolute Gasteiger partial charge is 0.331 e. The van der Waals surface area contributed by atoms with Crippen molar-refractivity contribution in [3.8, 4) is 6.07 Å². The van der Waals surface area contributed by atoms with Gasteiger partial charge in [-0.15, -0.1) is 0 Å². The van der Waals surface area contributed by atoms with Crippen molar-refractivity contribution in [2.45, 2.75) is 50.7 Å². The molecule has 1 N–H and O–H groups in total. The largest absolute Gasteiger partial charge is 0.449 e. The van der Waals surface area contributed by atoms with E-state index in [1.165, 1.54) is 13.0 Å². The Labute approximate surface area is 164 Å². The topological polar surface area (TPSA) is 92.1 Å². The third-order valence-corrected chi connectivity index (χ3v) is 4.96. The zero-order valence-corrected chi connectivity index (χ0v) is 15.9. The van der Waals surface area contributed by atoms with Gasteiger partial charge in [0.2, 0.25) is 0 Å². The van der Waals surface area contributed by atoms with E-state index in [2.05, 4.69) is 16.4 Å². The van der Waals surface area contributed by atoms with Crippen LogP contribution in [0.15, 0.2) is 42.5 Å². The summed E-state index contributed by atoms with van der Waals surface area (Å²) < 4.78 is 5.18. The summed E-state index contributed by atoms with van der Waals surface area (Å²) in [5.74, 6) is -1.08. The highest BCUT2D eigenvalue weighted by Gasteiger charge is 2.35. The Balaban J connectivity index is 1.57. The van der Waals surface area contributed by atoms with E-state index in [1.807, 2.05) is 36.4 Å². The van der Waals surface area contributed by atoms with E-state index in [9.17, 15) is 14.9 Å². The summed E-state index contributed by atoms with van der Waals surface area (Å²) in [6, 6.07) is 13.7. The average Bonchev–Trinajstić information content (AvgIpc) is 2.72. The molecule has 1 aliphatic carbocycles. The first-order valence-corrected chi connectivity index (χ1v) is 9.49. The Bertz CT molecular complexity index is 939. The lowest BCUT2D eigenvalue weighted by Crippen LogP contribution is -2.52. The molecule has 1 aromatic heterocycles. The minimum Gasteiger partial charge on any atom is -0.449 e. The van der Waals surface area contributed by atoms with Crippen LogP contribution in [0.3, 0.4) is 0 Å². The fourth-order valence-corrected chi connectivity index (χ4v) is 3.35. The van der Waals surface area contributed by atoms with E-state index < -0.39 is 23.5 Å². The maximum Gasteiger partial charge on any atom is 0.331 e. The summed E-state index contributed by atoms with van der Waals surface area (Å²) in [4.78, 5) is 28.9. The summed E-state index contributed by atoms with van der Waals surface area (Å²) in [6.45, 7) is 1.50. The number of hydrogen-bond acceptors (Lipinski definition) is 5. The molecule has 0 unspecified atom stereocenters. The quantitative estimate of drug-likeness (QED) is 0.636. The fourth-order valence-electron chi connectivity index (χ4n) is 3.35. The van der Waals surface area contributed by atoms with Gasteiger partial charge in [0.1, 0.15) is 5.54 Å². The van der Waals surface area contributed by atoms with Gasteiger partial charge in [-0.05, 0) is 38.0 Å². The Morgan fingerprint density at radius 2 is 1.96 bits per heavy atom. The van der Waals surface area contributed by atoms with E-state index in [-0.39, 0.29) is 0 Å². The maximum absolute atomic E-state index is 12.4. The molecular weight excluding hydrogens is 354 g/mol. The van der Waals surface area contributed by atoms with E-state index in [1.54, 1.807) is 6.08 Å². The van der Waals surface area contributed by atoms with Crippen molar-refractivity contribution < 1.29 is 14.3 Å². The average molecular weight is 377 g/mol.